The number of alkyl halides is 3. The number of sulfonamides is 1. The number of nitrogens with zero attached hydrogens (tertiary/aromatic N) is 1. The van der Waals surface area contributed by atoms with Crippen molar-refractivity contribution in [2.24, 2.45) is 17.3 Å². The number of hydrogen-bond acceptors (Lipinski definition) is 3. The average molecular weight is 469 g/mol. The molecule has 0 bridgehead atoms. The number of carboxylic acid groups (broad SMARTS) is 1. The van der Waals surface area contributed by atoms with Gasteiger partial charge >= 0.3 is 12.3 Å². The zero-order valence-electron chi connectivity index (χ0n) is 16.7. The van der Waals surface area contributed by atoms with Gasteiger partial charge in [0.15, 0.2) is 0 Å². The van der Waals surface area contributed by atoms with Gasteiger partial charge in [0.25, 0.3) is 0 Å². The van der Waals surface area contributed by atoms with E-state index in [0.29, 0.717) is 25.0 Å². The summed E-state index contributed by atoms with van der Waals surface area (Å²) in [7, 11) is -4.20. The van der Waals surface area contributed by atoms with Crippen molar-refractivity contribution in [2.45, 2.75) is 56.8 Å². The Kier molecular flexibility index (Phi) is 5.83. The molecule has 30 heavy (non-hydrogen) atoms. The van der Waals surface area contributed by atoms with Crippen LogP contribution in [0.15, 0.2) is 23.1 Å². The molecule has 1 saturated carbocycles. The normalized spacial score (nSPS) is 27.8. The second-order valence-electron chi connectivity index (χ2n) is 8.99. The van der Waals surface area contributed by atoms with Crippen molar-refractivity contribution in [3.8, 4) is 0 Å². The summed E-state index contributed by atoms with van der Waals surface area (Å²) < 4.78 is 67.0. The van der Waals surface area contributed by atoms with E-state index in [2.05, 4.69) is 5.32 Å². The molecule has 6 nitrogen and oxygen atoms in total. The Morgan fingerprint density at radius 2 is 1.83 bits per heavy atom. The van der Waals surface area contributed by atoms with Crippen LogP contribution < -0.4 is 5.32 Å². The second-order valence-corrected chi connectivity index (χ2v) is 11.3. The standard InChI is InChI=1S/C19H24ClF3N2O4S/c1-18(2,3)16-11-5-6-14(24-17(26)27)12(11)9-25(16)30(28,29)15-7-4-10(8-13(15)20)19(21,22)23/h4,7-8,11-12,14,16,24H,5-6,9H2,1-3H3,(H,26,27)/t11-,12-,14-,16?/m0/s1. The first kappa shape index (κ1) is 23.1. The monoisotopic (exact) mass is 468 g/mol. The van der Waals surface area contributed by atoms with Gasteiger partial charge in [-0.1, -0.05) is 32.4 Å². The number of fused-ring (bicyclic) bond motifs is 1. The highest BCUT2D eigenvalue weighted by atomic mass is 35.5. The lowest BCUT2D eigenvalue weighted by Crippen LogP contribution is -2.46. The molecule has 1 unspecified atom stereocenters. The number of carbonyl (C=O) groups is 1. The van der Waals surface area contributed by atoms with E-state index >= 15 is 0 Å². The van der Waals surface area contributed by atoms with Crippen LogP contribution in [0.5, 0.6) is 0 Å². The maximum Gasteiger partial charge on any atom is 0.416 e. The summed E-state index contributed by atoms with van der Waals surface area (Å²) in [5.74, 6) is -0.279. The zero-order valence-corrected chi connectivity index (χ0v) is 18.3. The third-order valence-electron chi connectivity index (χ3n) is 6.03. The molecule has 3 rings (SSSR count). The van der Waals surface area contributed by atoms with Crippen LogP contribution in [0.25, 0.3) is 0 Å². The van der Waals surface area contributed by atoms with Gasteiger partial charge in [-0.15, -0.1) is 0 Å². The predicted octanol–water partition coefficient (Wildman–Crippen LogP) is 4.44. The van der Waals surface area contributed by atoms with Crippen molar-refractivity contribution in [2.75, 3.05) is 6.54 Å². The van der Waals surface area contributed by atoms with Crippen LogP contribution in [-0.4, -0.2) is 42.6 Å². The Bertz CT molecular complexity index is 946. The van der Waals surface area contributed by atoms with Gasteiger partial charge in [-0.05, 0) is 48.3 Å². The van der Waals surface area contributed by atoms with Crippen LogP contribution >= 0.6 is 11.6 Å². The molecule has 1 aromatic rings. The predicted molar refractivity (Wildman–Crippen MR) is 105 cm³/mol. The Morgan fingerprint density at radius 1 is 1.20 bits per heavy atom. The van der Waals surface area contributed by atoms with Crippen molar-refractivity contribution in [1.82, 2.24) is 9.62 Å². The fourth-order valence-corrected chi connectivity index (χ4v) is 7.37. The van der Waals surface area contributed by atoms with Crippen molar-refractivity contribution in [1.29, 1.82) is 0 Å². The van der Waals surface area contributed by atoms with Crippen molar-refractivity contribution in [3.05, 3.63) is 28.8 Å². The lowest BCUT2D eigenvalue weighted by molar-refractivity contribution is -0.137. The number of benzene rings is 1. The van der Waals surface area contributed by atoms with Crippen molar-refractivity contribution < 1.29 is 31.5 Å². The first-order valence-corrected chi connectivity index (χ1v) is 11.3. The Labute approximate surface area is 178 Å². The molecule has 168 valence electrons. The van der Waals surface area contributed by atoms with Gasteiger partial charge in [0.05, 0.1) is 10.6 Å². The second kappa shape index (κ2) is 7.56. The summed E-state index contributed by atoms with van der Waals surface area (Å²) in [6.07, 6.45) is -4.53. The van der Waals surface area contributed by atoms with Crippen LogP contribution in [0.3, 0.4) is 0 Å². The summed E-state index contributed by atoms with van der Waals surface area (Å²) in [5, 5.41) is 11.1. The SMILES string of the molecule is CC(C)(C)C1[C@H]2CC[C@H](NC(=O)O)[C@H]2CN1S(=O)(=O)c1ccc(C(F)(F)F)cc1Cl. The number of amides is 1. The Morgan fingerprint density at radius 3 is 2.33 bits per heavy atom. The largest absolute Gasteiger partial charge is 0.465 e. The highest BCUT2D eigenvalue weighted by Gasteiger charge is 2.56. The summed E-state index contributed by atoms with van der Waals surface area (Å²) in [6, 6.07) is 1.40. The third-order valence-corrected chi connectivity index (χ3v) is 8.36. The minimum atomic E-state index is -4.64. The van der Waals surface area contributed by atoms with Gasteiger partial charge < -0.3 is 10.4 Å². The highest BCUT2D eigenvalue weighted by Crippen LogP contribution is 2.50. The van der Waals surface area contributed by atoms with E-state index in [1.807, 2.05) is 20.8 Å². The molecule has 11 heteroatoms. The first-order chi connectivity index (χ1) is 13.6. The molecule has 2 aliphatic rings. The number of hydrogen-bond donors (Lipinski definition) is 2. The minimum absolute atomic E-state index is 0.0650. The quantitative estimate of drug-likeness (QED) is 0.686. The van der Waals surface area contributed by atoms with Crippen molar-refractivity contribution >= 4 is 27.7 Å². The average Bonchev–Trinajstić information content (AvgIpc) is 3.13. The van der Waals surface area contributed by atoms with E-state index in [0.717, 1.165) is 6.07 Å². The molecule has 1 aromatic carbocycles. The van der Waals surface area contributed by atoms with Crippen LogP contribution in [0.1, 0.15) is 39.2 Å². The maximum absolute atomic E-state index is 13.5. The smallest absolute Gasteiger partial charge is 0.416 e. The zero-order chi connectivity index (χ0) is 22.6. The van der Waals surface area contributed by atoms with E-state index in [-0.39, 0.29) is 29.3 Å². The molecule has 0 radical (unpaired) electrons. The molecular weight excluding hydrogens is 445 g/mol. The van der Waals surface area contributed by atoms with Gasteiger partial charge in [0, 0.05) is 18.6 Å². The number of nitrogens with one attached hydrogen (secondary N) is 1. The van der Waals surface area contributed by atoms with Crippen LogP contribution in [0, 0.1) is 17.3 Å². The molecule has 1 saturated heterocycles. The van der Waals surface area contributed by atoms with Gasteiger partial charge in [0.1, 0.15) is 4.90 Å². The van der Waals surface area contributed by atoms with E-state index < -0.39 is 44.3 Å². The van der Waals surface area contributed by atoms with Crippen molar-refractivity contribution in [3.63, 3.8) is 0 Å². The van der Waals surface area contributed by atoms with Gasteiger partial charge in [0.2, 0.25) is 10.0 Å². The molecule has 2 fully saturated rings. The fourth-order valence-electron chi connectivity index (χ4n) is 4.96. The topological polar surface area (TPSA) is 86.7 Å². The summed E-state index contributed by atoms with van der Waals surface area (Å²) in [6.45, 7) is 5.77. The lowest BCUT2D eigenvalue weighted by Gasteiger charge is -2.37. The maximum atomic E-state index is 13.5. The molecule has 1 heterocycles. The van der Waals surface area contributed by atoms with E-state index in [1.165, 1.54) is 4.31 Å². The molecule has 4 atom stereocenters. The summed E-state index contributed by atoms with van der Waals surface area (Å²) in [5.41, 5.74) is -1.49. The van der Waals surface area contributed by atoms with Crippen LogP contribution in [-0.2, 0) is 16.2 Å². The van der Waals surface area contributed by atoms with Crippen LogP contribution in [0.2, 0.25) is 5.02 Å². The molecule has 1 aliphatic heterocycles. The molecule has 1 amide bonds. The fraction of sp³-hybridized carbons (Fsp3) is 0.632. The van der Waals surface area contributed by atoms with E-state index in [9.17, 15) is 26.4 Å². The molecule has 2 N–H and O–H groups in total. The Balaban J connectivity index is 2.01. The summed E-state index contributed by atoms with van der Waals surface area (Å²) >= 11 is 5.98. The molecular formula is C19H24ClF3N2O4S. The molecule has 0 aromatic heterocycles. The van der Waals surface area contributed by atoms with E-state index in [1.54, 1.807) is 0 Å². The number of halogens is 4. The molecule has 0 spiro atoms. The Hall–Kier alpha value is -1.52. The van der Waals surface area contributed by atoms with Gasteiger partial charge in [-0.25, -0.2) is 13.2 Å². The van der Waals surface area contributed by atoms with E-state index in [4.69, 9.17) is 16.7 Å². The minimum Gasteiger partial charge on any atom is -0.465 e. The highest BCUT2D eigenvalue weighted by molar-refractivity contribution is 7.89. The van der Waals surface area contributed by atoms with Crippen LogP contribution in [0.4, 0.5) is 18.0 Å². The first-order valence-electron chi connectivity index (χ1n) is 9.52. The van der Waals surface area contributed by atoms with Gasteiger partial charge in [-0.3, -0.25) is 0 Å². The molecule has 1 aliphatic carbocycles. The summed E-state index contributed by atoms with van der Waals surface area (Å²) in [4.78, 5) is 10.7. The van der Waals surface area contributed by atoms with Gasteiger partial charge in [-0.2, -0.15) is 17.5 Å². The number of rotatable bonds is 3. The third kappa shape index (κ3) is 4.13. The lowest BCUT2D eigenvalue weighted by atomic mass is 9.78.